The van der Waals surface area contributed by atoms with E-state index in [0.29, 0.717) is 5.69 Å². The molecule has 0 saturated carbocycles. The summed E-state index contributed by atoms with van der Waals surface area (Å²) in [7, 11) is 0. The van der Waals surface area contributed by atoms with E-state index in [1.54, 1.807) is 0 Å². The second kappa shape index (κ2) is 4.72. The monoisotopic (exact) mass is 274 g/mol. The van der Waals surface area contributed by atoms with Gasteiger partial charge in [0.25, 0.3) is 0 Å². The van der Waals surface area contributed by atoms with Crippen molar-refractivity contribution in [1.82, 2.24) is 9.38 Å². The fraction of sp³-hybridized carbons (Fsp3) is 0.0556. The molecule has 0 radical (unpaired) electrons. The largest absolute Gasteiger partial charge is 0.382 e. The first-order valence-corrected chi connectivity index (χ1v) is 6.93. The zero-order valence-electron chi connectivity index (χ0n) is 11.3. The molecule has 4 rings (SSSR count). The fourth-order valence-electron chi connectivity index (χ4n) is 2.74. The minimum atomic E-state index is -0.729. The zero-order chi connectivity index (χ0) is 14.2. The van der Waals surface area contributed by atoms with E-state index >= 15 is 0 Å². The number of benzene rings is 2. The number of para-hydroxylation sites is 2. The third-order valence-electron chi connectivity index (χ3n) is 3.77. The van der Waals surface area contributed by atoms with E-state index in [2.05, 4.69) is 9.38 Å². The highest BCUT2D eigenvalue weighted by Crippen LogP contribution is 2.27. The number of fused-ring (bicyclic) bond motifs is 3. The number of rotatable bonds is 2. The second-order valence-electron chi connectivity index (χ2n) is 5.06. The number of hydrogen-bond acceptors (Lipinski definition) is 2. The molecule has 0 amide bonds. The topological polar surface area (TPSA) is 37.5 Å². The Morgan fingerprint density at radius 3 is 2.38 bits per heavy atom. The molecule has 1 unspecified atom stereocenters. The standard InChI is InChI=1S/C18H14N2O/c21-18(13-7-2-1-3-8-13)17-16-11-6-12-20(16)15-10-5-4-9-14(15)19-17/h1-12,18,21H. The maximum atomic E-state index is 10.7. The lowest BCUT2D eigenvalue weighted by Gasteiger charge is -2.14. The van der Waals surface area contributed by atoms with Gasteiger partial charge in [-0.25, -0.2) is 4.98 Å². The first-order valence-electron chi connectivity index (χ1n) is 6.93. The van der Waals surface area contributed by atoms with Gasteiger partial charge in [-0.1, -0.05) is 42.5 Å². The predicted octanol–water partition coefficient (Wildman–Crippen LogP) is 3.57. The summed E-state index contributed by atoms with van der Waals surface area (Å²) in [6.07, 6.45) is 1.27. The van der Waals surface area contributed by atoms with Gasteiger partial charge in [0.2, 0.25) is 0 Å². The Balaban J connectivity index is 2.01. The molecule has 0 aliphatic heterocycles. The molecule has 0 aliphatic carbocycles. The van der Waals surface area contributed by atoms with Crippen LogP contribution in [0.15, 0.2) is 72.9 Å². The van der Waals surface area contributed by atoms with Crippen LogP contribution in [0.3, 0.4) is 0 Å². The number of hydrogen-bond donors (Lipinski definition) is 1. The average molecular weight is 274 g/mol. The highest BCUT2D eigenvalue weighted by molar-refractivity contribution is 5.80. The molecular formula is C18H14N2O. The molecule has 0 saturated heterocycles. The zero-order valence-corrected chi connectivity index (χ0v) is 11.3. The Kier molecular flexibility index (Phi) is 2.72. The Labute approximate surface area is 122 Å². The summed E-state index contributed by atoms with van der Waals surface area (Å²) < 4.78 is 2.07. The number of aromatic nitrogens is 2. The fourth-order valence-corrected chi connectivity index (χ4v) is 2.74. The van der Waals surface area contributed by atoms with Crippen LogP contribution >= 0.6 is 0 Å². The Morgan fingerprint density at radius 2 is 1.52 bits per heavy atom. The van der Waals surface area contributed by atoms with Gasteiger partial charge >= 0.3 is 0 Å². The molecular weight excluding hydrogens is 260 g/mol. The lowest BCUT2D eigenvalue weighted by molar-refractivity contribution is 0.217. The third-order valence-corrected chi connectivity index (χ3v) is 3.77. The van der Waals surface area contributed by atoms with Crippen LogP contribution in [0.25, 0.3) is 16.6 Å². The van der Waals surface area contributed by atoms with Crippen molar-refractivity contribution in [3.05, 3.63) is 84.2 Å². The van der Waals surface area contributed by atoms with Gasteiger partial charge in [-0.05, 0) is 29.8 Å². The van der Waals surface area contributed by atoms with E-state index in [1.165, 1.54) is 0 Å². The summed E-state index contributed by atoms with van der Waals surface area (Å²) in [5.74, 6) is 0. The number of aliphatic hydroxyl groups is 1. The summed E-state index contributed by atoms with van der Waals surface area (Å²) >= 11 is 0. The van der Waals surface area contributed by atoms with Crippen molar-refractivity contribution in [2.75, 3.05) is 0 Å². The van der Waals surface area contributed by atoms with Crippen LogP contribution in [-0.4, -0.2) is 14.5 Å². The van der Waals surface area contributed by atoms with Crippen molar-refractivity contribution in [2.45, 2.75) is 6.10 Å². The molecule has 0 aliphatic rings. The van der Waals surface area contributed by atoms with E-state index in [1.807, 2.05) is 72.9 Å². The van der Waals surface area contributed by atoms with Crippen molar-refractivity contribution in [1.29, 1.82) is 0 Å². The third kappa shape index (κ3) is 1.90. The van der Waals surface area contributed by atoms with Gasteiger partial charge in [0.15, 0.2) is 0 Å². The molecule has 2 heterocycles. The molecule has 1 N–H and O–H groups in total. The van der Waals surface area contributed by atoms with Gasteiger partial charge in [0.1, 0.15) is 6.10 Å². The van der Waals surface area contributed by atoms with E-state index in [4.69, 9.17) is 0 Å². The van der Waals surface area contributed by atoms with Crippen LogP contribution < -0.4 is 0 Å². The summed E-state index contributed by atoms with van der Waals surface area (Å²) in [6, 6.07) is 21.6. The van der Waals surface area contributed by atoms with Crippen molar-refractivity contribution in [2.24, 2.45) is 0 Å². The molecule has 21 heavy (non-hydrogen) atoms. The molecule has 102 valence electrons. The van der Waals surface area contributed by atoms with E-state index in [9.17, 15) is 5.11 Å². The van der Waals surface area contributed by atoms with Crippen LogP contribution in [0.2, 0.25) is 0 Å². The second-order valence-corrected chi connectivity index (χ2v) is 5.06. The van der Waals surface area contributed by atoms with Crippen LogP contribution in [0.5, 0.6) is 0 Å². The molecule has 2 aromatic heterocycles. The molecule has 1 atom stereocenters. The highest BCUT2D eigenvalue weighted by Gasteiger charge is 2.17. The molecule has 3 nitrogen and oxygen atoms in total. The van der Waals surface area contributed by atoms with Crippen molar-refractivity contribution < 1.29 is 5.11 Å². The SMILES string of the molecule is OC(c1ccccc1)c1nc2ccccc2n2cccc12. The van der Waals surface area contributed by atoms with Crippen LogP contribution in [-0.2, 0) is 0 Å². The average Bonchev–Trinajstić information content (AvgIpc) is 3.04. The number of aliphatic hydroxyl groups excluding tert-OH is 1. The lowest BCUT2D eigenvalue weighted by atomic mass is 10.1. The minimum Gasteiger partial charge on any atom is -0.382 e. The smallest absolute Gasteiger partial charge is 0.123 e. The molecule has 0 bridgehead atoms. The van der Waals surface area contributed by atoms with E-state index in [0.717, 1.165) is 22.1 Å². The molecule has 4 aromatic rings. The highest BCUT2D eigenvalue weighted by atomic mass is 16.3. The summed E-state index contributed by atoms with van der Waals surface area (Å²) in [5.41, 5.74) is 4.39. The lowest BCUT2D eigenvalue weighted by Crippen LogP contribution is -2.05. The molecule has 2 aromatic carbocycles. The summed E-state index contributed by atoms with van der Waals surface area (Å²) in [6.45, 7) is 0. The van der Waals surface area contributed by atoms with Gasteiger partial charge in [-0.3, -0.25) is 0 Å². The quantitative estimate of drug-likeness (QED) is 0.607. The normalized spacial score (nSPS) is 12.8. The van der Waals surface area contributed by atoms with E-state index in [-0.39, 0.29) is 0 Å². The maximum Gasteiger partial charge on any atom is 0.123 e. The molecule has 3 heteroatoms. The van der Waals surface area contributed by atoms with Gasteiger partial charge in [0.05, 0.1) is 22.2 Å². The first-order chi connectivity index (χ1) is 10.3. The van der Waals surface area contributed by atoms with Crippen LogP contribution in [0.4, 0.5) is 0 Å². The van der Waals surface area contributed by atoms with Crippen molar-refractivity contribution in [3.63, 3.8) is 0 Å². The Bertz CT molecular complexity index is 912. The summed E-state index contributed by atoms with van der Waals surface area (Å²) in [5, 5.41) is 10.7. The number of nitrogens with zero attached hydrogens (tertiary/aromatic N) is 2. The van der Waals surface area contributed by atoms with Crippen LogP contribution in [0, 0.1) is 0 Å². The van der Waals surface area contributed by atoms with E-state index < -0.39 is 6.10 Å². The first kappa shape index (κ1) is 12.1. The maximum absolute atomic E-state index is 10.7. The molecule has 0 fully saturated rings. The van der Waals surface area contributed by atoms with Gasteiger partial charge in [0, 0.05) is 6.20 Å². The van der Waals surface area contributed by atoms with Crippen LogP contribution in [0.1, 0.15) is 17.4 Å². The van der Waals surface area contributed by atoms with Gasteiger partial charge in [-0.2, -0.15) is 0 Å². The van der Waals surface area contributed by atoms with Gasteiger partial charge in [-0.15, -0.1) is 0 Å². The summed E-state index contributed by atoms with van der Waals surface area (Å²) in [4.78, 5) is 4.68. The predicted molar refractivity (Wildman–Crippen MR) is 83.2 cm³/mol. The van der Waals surface area contributed by atoms with Crippen molar-refractivity contribution in [3.8, 4) is 0 Å². The Morgan fingerprint density at radius 1 is 0.810 bits per heavy atom. The molecule has 0 spiro atoms. The Hall–Kier alpha value is -2.65. The van der Waals surface area contributed by atoms with Gasteiger partial charge < -0.3 is 9.51 Å². The minimum absolute atomic E-state index is 0.685. The van der Waals surface area contributed by atoms with Crippen molar-refractivity contribution >= 4 is 16.6 Å².